The van der Waals surface area contributed by atoms with E-state index in [0.29, 0.717) is 0 Å². The predicted molar refractivity (Wildman–Crippen MR) is 564 cm³/mol. The topological polar surface area (TPSA) is 68.2 Å². The van der Waals surface area contributed by atoms with Crippen LogP contribution in [0, 0.1) is 6.92 Å². The van der Waals surface area contributed by atoms with E-state index in [9.17, 15) is 0 Å². The van der Waals surface area contributed by atoms with Gasteiger partial charge in [-0.3, -0.25) is 0 Å². The molecule has 0 spiro atoms. The Morgan fingerprint density at radius 2 is 0.415 bits per heavy atom. The summed E-state index contributed by atoms with van der Waals surface area (Å²) >= 11 is 0. The van der Waals surface area contributed by atoms with Crippen molar-refractivity contribution in [3.63, 3.8) is 0 Å². The highest BCUT2D eigenvalue weighted by Gasteiger charge is 2.29. The van der Waals surface area contributed by atoms with Crippen LogP contribution in [-0.2, 0) is 5.41 Å². The van der Waals surface area contributed by atoms with E-state index in [1.54, 1.807) is 0 Å². The normalized spacial score (nSPS) is 11.6. The second kappa shape index (κ2) is 35.1. The fraction of sp³-hybridized carbons (Fsp3) is 0.0397. The molecule has 25 rings (SSSR count). The number of rotatable bonds is 15. The number of hydrogen-bond donors (Lipinski definition) is 0. The van der Waals surface area contributed by atoms with E-state index in [2.05, 4.69) is 547 Å². The van der Waals surface area contributed by atoms with Crippen LogP contribution in [0.2, 0.25) is 0 Å². The Morgan fingerprint density at radius 1 is 0.185 bits per heavy atom. The molecule has 0 atom stereocenters. The zero-order valence-corrected chi connectivity index (χ0v) is 75.3. The number of para-hydroxylation sites is 6. The zero-order chi connectivity index (χ0) is 90.5. The molecule has 6 heterocycles. The molecular weight excluding hydrogens is 1640 g/mol. The van der Waals surface area contributed by atoms with E-state index < -0.39 is 0 Å². The smallest absolute Gasteiger partial charge is 0.101 e. The maximum absolute atomic E-state index is 5.39. The molecule has 0 saturated heterocycles. The molecule has 0 aliphatic rings. The molecular formula is C126H93N9. The lowest BCUT2D eigenvalue weighted by Gasteiger charge is -2.19. The van der Waals surface area contributed by atoms with Crippen molar-refractivity contribution < 1.29 is 0 Å². The minimum Gasteiger partial charge on any atom is -0.309 e. The van der Waals surface area contributed by atoms with Crippen LogP contribution >= 0.6 is 0 Å². The highest BCUT2D eigenvalue weighted by atomic mass is 15.3. The molecule has 25 aromatic rings. The second-order valence-corrected chi connectivity index (χ2v) is 35.6. The molecule has 0 saturated carbocycles. The largest absolute Gasteiger partial charge is 0.309 e. The summed E-state index contributed by atoms with van der Waals surface area (Å²) in [5.74, 6) is 0. The molecule has 0 bridgehead atoms. The lowest BCUT2D eigenvalue weighted by Crippen LogP contribution is -2.10. The van der Waals surface area contributed by atoms with Crippen molar-refractivity contribution in [2.24, 2.45) is 0 Å². The lowest BCUT2D eigenvalue weighted by molar-refractivity contribution is 0.590. The minimum absolute atomic E-state index is 0.0747. The van der Waals surface area contributed by atoms with E-state index in [0.717, 1.165) is 135 Å². The summed E-state index contributed by atoms with van der Waals surface area (Å²) in [5.41, 5.74) is 35.8. The van der Waals surface area contributed by atoms with Crippen molar-refractivity contribution in [1.82, 2.24) is 43.0 Å². The Kier molecular flexibility index (Phi) is 21.3. The molecule has 6 aromatic heterocycles. The first kappa shape index (κ1) is 81.9. The summed E-state index contributed by atoms with van der Waals surface area (Å²) in [6.45, 7) is 8.90. The molecule has 0 unspecified atom stereocenters. The summed E-state index contributed by atoms with van der Waals surface area (Å²) < 4.78 is 13.4. The van der Waals surface area contributed by atoms with Crippen LogP contribution in [0.5, 0.6) is 0 Å². The van der Waals surface area contributed by atoms with Crippen LogP contribution in [0.15, 0.2) is 491 Å². The molecule has 0 radical (unpaired) electrons. The number of nitrogens with zero attached hydrogens (tertiary/aromatic N) is 9. The highest BCUT2D eigenvalue weighted by molar-refractivity contribution is 6.12. The van der Waals surface area contributed by atoms with Crippen molar-refractivity contribution in [2.45, 2.75) is 33.1 Å². The van der Waals surface area contributed by atoms with Crippen LogP contribution in [-0.4, -0.2) is 43.0 Å². The molecule has 642 valence electrons. The number of benzene rings is 19. The lowest BCUT2D eigenvalue weighted by atomic mass is 9.85. The molecule has 0 fully saturated rings. The SMILES string of the molecule is CC(C)(C)c1ccc(-c2c(-c3ccccc3)nn(-c3ccc(-n4c5ccccc5c5ccccc54)cc3)c2-c2ccccc2)cc1.Cc1ccc(-c2c(-c3ccccc3)nn(-c3ccc(-n4c5ccccc5c5ccccc54)cc3)c2-c2ccccc2)cc1.c1ccc(-c2nn(-c3ccc(-n4c5ccccc5c5ccccc54)cc3)c(-c3ccccc3)c2-c2ccc3ccccc3c2)cc1. The number of aromatic nitrogens is 9. The molecule has 135 heavy (non-hydrogen) atoms. The first-order valence-corrected chi connectivity index (χ1v) is 46.2. The molecule has 0 aliphatic heterocycles. The summed E-state index contributed by atoms with van der Waals surface area (Å²) in [5, 5.41) is 26.1. The van der Waals surface area contributed by atoms with E-state index in [1.165, 1.54) is 87.3 Å². The summed E-state index contributed by atoms with van der Waals surface area (Å²) in [6.07, 6.45) is 0. The van der Waals surface area contributed by atoms with Crippen molar-refractivity contribution in [1.29, 1.82) is 0 Å². The number of hydrogen-bond acceptors (Lipinski definition) is 3. The predicted octanol–water partition coefficient (Wildman–Crippen LogP) is 32.7. The monoisotopic (exact) mass is 1730 g/mol. The minimum atomic E-state index is 0.0747. The average molecular weight is 1730 g/mol. The Hall–Kier alpha value is -17.5. The molecule has 9 nitrogen and oxygen atoms in total. The van der Waals surface area contributed by atoms with Gasteiger partial charge in [0.2, 0.25) is 0 Å². The third-order valence-electron chi connectivity index (χ3n) is 26.2. The van der Waals surface area contributed by atoms with Crippen molar-refractivity contribution in [2.75, 3.05) is 0 Å². The fourth-order valence-corrected chi connectivity index (χ4v) is 19.6. The van der Waals surface area contributed by atoms with Gasteiger partial charge in [-0.25, -0.2) is 14.0 Å². The van der Waals surface area contributed by atoms with Gasteiger partial charge in [-0.1, -0.05) is 402 Å². The van der Waals surface area contributed by atoms with Gasteiger partial charge in [-0.2, -0.15) is 15.3 Å². The maximum atomic E-state index is 5.39. The standard InChI is InChI=1S/C43H29N3.C43H35N3.C40H29N3/c1-3-14-31(15-4-1)42-41(34-24-23-30-13-7-8-18-33(30)29-34)43(32-16-5-2-6-17-32)46(44-42)36-27-25-35(26-28-36)45-39-21-11-9-19-37(39)38-20-10-12-22-40(38)45;1-43(2,3)33-24-22-30(23-25-33)40-41(31-14-6-4-7-15-31)44-46(42(40)32-16-8-5-9-17-32)35-28-26-34(27-29-35)45-38-20-12-10-18-36(38)37-19-11-13-21-39(37)45;1-28-20-22-29(23-21-28)38-39(30-12-4-2-5-13-30)41-43(40(38)31-14-6-3-7-15-31)33-26-24-32(25-27-33)42-36-18-10-8-16-34(36)35-17-9-11-19-37(35)42/h1-29H;4-29H,1-3H3;2-27H,1H3. The summed E-state index contributed by atoms with van der Waals surface area (Å²) in [7, 11) is 0. The van der Waals surface area contributed by atoms with Crippen molar-refractivity contribution >= 4 is 76.2 Å². The van der Waals surface area contributed by atoms with Crippen LogP contribution in [0.1, 0.15) is 31.9 Å². The quantitative estimate of drug-likeness (QED) is 0.103. The Labute approximate surface area is 784 Å². The van der Waals surface area contributed by atoms with Gasteiger partial charge in [0.1, 0.15) is 17.1 Å². The highest BCUT2D eigenvalue weighted by Crippen LogP contribution is 2.48. The van der Waals surface area contributed by atoms with Gasteiger partial charge in [0, 0.05) is 99.5 Å². The summed E-state index contributed by atoms with van der Waals surface area (Å²) in [4.78, 5) is 0. The molecule has 0 amide bonds. The molecule has 9 heteroatoms. The van der Waals surface area contributed by atoms with Gasteiger partial charge < -0.3 is 13.7 Å². The molecule has 19 aromatic carbocycles. The average Bonchev–Trinajstić information content (AvgIpc) is 1.59. The van der Waals surface area contributed by atoms with Crippen molar-refractivity contribution in [3.05, 3.63) is 503 Å². The van der Waals surface area contributed by atoms with Crippen LogP contribution < -0.4 is 0 Å². The van der Waals surface area contributed by atoms with Gasteiger partial charge >= 0.3 is 0 Å². The van der Waals surface area contributed by atoms with Gasteiger partial charge in [0.25, 0.3) is 0 Å². The first-order valence-electron chi connectivity index (χ1n) is 46.2. The Balaban J connectivity index is 0.000000114. The van der Waals surface area contributed by atoms with Gasteiger partial charge in [-0.05, 0) is 161 Å². The van der Waals surface area contributed by atoms with Gasteiger partial charge in [-0.15, -0.1) is 0 Å². The van der Waals surface area contributed by atoms with Crippen molar-refractivity contribution in [3.8, 4) is 135 Å². The maximum Gasteiger partial charge on any atom is 0.101 e. The van der Waals surface area contributed by atoms with Crippen LogP contribution in [0.25, 0.3) is 211 Å². The molecule has 0 aliphatic carbocycles. The van der Waals surface area contributed by atoms with Gasteiger partial charge in [0.15, 0.2) is 0 Å². The first-order chi connectivity index (χ1) is 66.6. The van der Waals surface area contributed by atoms with E-state index >= 15 is 0 Å². The Morgan fingerprint density at radius 3 is 0.704 bits per heavy atom. The second-order valence-electron chi connectivity index (χ2n) is 35.6. The van der Waals surface area contributed by atoms with E-state index in [1.807, 2.05) is 0 Å². The third kappa shape index (κ3) is 15.2. The van der Waals surface area contributed by atoms with E-state index in [-0.39, 0.29) is 5.41 Å². The zero-order valence-electron chi connectivity index (χ0n) is 75.3. The number of aryl methyl sites for hydroxylation is 1. The molecule has 0 N–H and O–H groups in total. The third-order valence-corrected chi connectivity index (χ3v) is 26.2. The number of fused-ring (bicyclic) bond motifs is 10. The van der Waals surface area contributed by atoms with Crippen LogP contribution in [0.4, 0.5) is 0 Å². The van der Waals surface area contributed by atoms with E-state index in [4.69, 9.17) is 15.3 Å². The fourth-order valence-electron chi connectivity index (χ4n) is 19.6. The van der Waals surface area contributed by atoms with Gasteiger partial charge in [0.05, 0.1) is 67.2 Å². The summed E-state index contributed by atoms with van der Waals surface area (Å²) in [6, 6.07) is 175. The van der Waals surface area contributed by atoms with Crippen LogP contribution in [0.3, 0.4) is 0 Å². The Bertz CT molecular complexity index is 8460.